The Labute approximate surface area is 170 Å². The van der Waals surface area contributed by atoms with E-state index in [1.54, 1.807) is 38.5 Å². The first-order valence-electron chi connectivity index (χ1n) is 9.52. The molecule has 1 fully saturated rings. The minimum Gasteiger partial charge on any atom is -0.497 e. The molecule has 0 radical (unpaired) electrons. The zero-order valence-electron chi connectivity index (χ0n) is 16.7. The Hall–Kier alpha value is -3.06. The van der Waals surface area contributed by atoms with E-state index in [9.17, 15) is 9.59 Å². The zero-order valence-corrected chi connectivity index (χ0v) is 16.7. The number of carbonyl (C=O) groups excluding carboxylic acids is 2. The van der Waals surface area contributed by atoms with Crippen LogP contribution < -0.4 is 20.1 Å². The predicted octanol–water partition coefficient (Wildman–Crippen LogP) is 2.51. The van der Waals surface area contributed by atoms with E-state index < -0.39 is 11.8 Å². The maximum Gasteiger partial charge on any atom is 0.313 e. The molecule has 2 aromatic rings. The molecule has 1 heterocycles. The van der Waals surface area contributed by atoms with Gasteiger partial charge in [-0.1, -0.05) is 24.3 Å². The smallest absolute Gasteiger partial charge is 0.313 e. The number of hydrogen-bond acceptors (Lipinski definition) is 5. The summed E-state index contributed by atoms with van der Waals surface area (Å²) >= 11 is 0. The number of hydrogen-bond donors (Lipinski definition) is 2. The zero-order chi connectivity index (χ0) is 20.7. The molecule has 7 nitrogen and oxygen atoms in total. The summed E-state index contributed by atoms with van der Waals surface area (Å²) < 4.78 is 16.2. The molecule has 0 saturated carbocycles. The van der Waals surface area contributed by atoms with Gasteiger partial charge < -0.3 is 24.8 Å². The fourth-order valence-electron chi connectivity index (χ4n) is 3.60. The Kier molecular flexibility index (Phi) is 6.72. The highest BCUT2D eigenvalue weighted by atomic mass is 16.5. The molecule has 154 valence electrons. The van der Waals surface area contributed by atoms with Gasteiger partial charge in [-0.15, -0.1) is 0 Å². The molecule has 1 saturated heterocycles. The van der Waals surface area contributed by atoms with E-state index in [0.29, 0.717) is 31.2 Å². The number of anilines is 1. The van der Waals surface area contributed by atoms with Gasteiger partial charge in [-0.05, 0) is 31.0 Å². The molecule has 0 bridgehead atoms. The highest BCUT2D eigenvalue weighted by Crippen LogP contribution is 2.39. The molecule has 0 atom stereocenters. The number of methoxy groups -OCH3 is 2. The average Bonchev–Trinajstić information content (AvgIpc) is 2.78. The SMILES string of the molecule is COc1cccc(NC(=O)C(=O)NCC2(c3ccccc3OC)CCOCC2)c1. The molecule has 1 aliphatic rings. The third-order valence-electron chi connectivity index (χ3n) is 5.25. The Morgan fingerprint density at radius 1 is 1.00 bits per heavy atom. The van der Waals surface area contributed by atoms with Crippen molar-refractivity contribution in [2.75, 3.05) is 39.3 Å². The normalized spacial score (nSPS) is 15.2. The molecule has 1 aliphatic heterocycles. The molecular weight excluding hydrogens is 372 g/mol. The number of ether oxygens (including phenoxy) is 3. The van der Waals surface area contributed by atoms with Crippen LogP contribution in [0.25, 0.3) is 0 Å². The van der Waals surface area contributed by atoms with Crippen LogP contribution in [0.2, 0.25) is 0 Å². The van der Waals surface area contributed by atoms with Gasteiger partial charge in [0.1, 0.15) is 11.5 Å². The van der Waals surface area contributed by atoms with Crippen LogP contribution in [0.15, 0.2) is 48.5 Å². The summed E-state index contributed by atoms with van der Waals surface area (Å²) in [6.45, 7) is 1.49. The third kappa shape index (κ3) is 4.86. The first-order valence-corrected chi connectivity index (χ1v) is 9.52. The molecule has 2 amide bonds. The maximum absolute atomic E-state index is 12.5. The third-order valence-corrected chi connectivity index (χ3v) is 5.25. The topological polar surface area (TPSA) is 85.9 Å². The van der Waals surface area contributed by atoms with Crippen LogP contribution in [0.4, 0.5) is 5.69 Å². The van der Waals surface area contributed by atoms with Gasteiger partial charge in [0.2, 0.25) is 0 Å². The van der Waals surface area contributed by atoms with E-state index in [1.807, 2.05) is 24.3 Å². The number of carbonyl (C=O) groups is 2. The van der Waals surface area contributed by atoms with Crippen molar-refractivity contribution in [1.82, 2.24) is 5.32 Å². The van der Waals surface area contributed by atoms with Gasteiger partial charge in [0.25, 0.3) is 0 Å². The summed E-state index contributed by atoms with van der Waals surface area (Å²) in [5.74, 6) is -0.0425. The summed E-state index contributed by atoms with van der Waals surface area (Å²) in [5, 5.41) is 5.40. The maximum atomic E-state index is 12.5. The molecule has 2 aromatic carbocycles. The summed E-state index contributed by atoms with van der Waals surface area (Å²) in [6.07, 6.45) is 1.45. The van der Waals surface area contributed by atoms with Gasteiger partial charge in [-0.25, -0.2) is 0 Å². The summed E-state index contributed by atoms with van der Waals surface area (Å²) in [6, 6.07) is 14.6. The summed E-state index contributed by atoms with van der Waals surface area (Å²) in [4.78, 5) is 24.8. The van der Waals surface area contributed by atoms with Crippen LogP contribution in [0.3, 0.4) is 0 Å². The van der Waals surface area contributed by atoms with Gasteiger partial charge in [-0.3, -0.25) is 9.59 Å². The fourth-order valence-corrected chi connectivity index (χ4v) is 3.60. The highest BCUT2D eigenvalue weighted by Gasteiger charge is 2.37. The number of rotatable bonds is 6. The number of benzene rings is 2. The van der Waals surface area contributed by atoms with Crippen LogP contribution in [0, 0.1) is 0 Å². The highest BCUT2D eigenvalue weighted by molar-refractivity contribution is 6.39. The van der Waals surface area contributed by atoms with E-state index in [2.05, 4.69) is 10.6 Å². The van der Waals surface area contributed by atoms with Crippen molar-refractivity contribution < 1.29 is 23.8 Å². The predicted molar refractivity (Wildman–Crippen MR) is 109 cm³/mol. The first-order chi connectivity index (χ1) is 14.1. The number of nitrogens with one attached hydrogen (secondary N) is 2. The van der Waals surface area contributed by atoms with Crippen molar-refractivity contribution in [3.05, 3.63) is 54.1 Å². The van der Waals surface area contributed by atoms with Crippen molar-refractivity contribution in [3.63, 3.8) is 0 Å². The molecule has 0 aliphatic carbocycles. The van der Waals surface area contributed by atoms with Gasteiger partial charge in [0.05, 0.1) is 14.2 Å². The second kappa shape index (κ2) is 9.43. The van der Waals surface area contributed by atoms with Crippen molar-refractivity contribution in [2.45, 2.75) is 18.3 Å². The molecular formula is C22H26N2O5. The molecule has 0 aromatic heterocycles. The van der Waals surface area contributed by atoms with Gasteiger partial charge in [0.15, 0.2) is 0 Å². The Morgan fingerprint density at radius 2 is 1.76 bits per heavy atom. The first kappa shape index (κ1) is 20.7. The fraction of sp³-hybridized carbons (Fsp3) is 0.364. The van der Waals surface area contributed by atoms with Crippen molar-refractivity contribution >= 4 is 17.5 Å². The molecule has 3 rings (SSSR count). The Balaban J connectivity index is 1.70. The minimum absolute atomic E-state index is 0.321. The average molecular weight is 398 g/mol. The van der Waals surface area contributed by atoms with E-state index in [4.69, 9.17) is 14.2 Å². The van der Waals surface area contributed by atoms with Crippen LogP contribution in [-0.4, -0.2) is 45.8 Å². The Morgan fingerprint density at radius 3 is 2.48 bits per heavy atom. The van der Waals surface area contributed by atoms with Crippen LogP contribution in [-0.2, 0) is 19.7 Å². The quantitative estimate of drug-likeness (QED) is 0.731. The second-order valence-electron chi connectivity index (χ2n) is 6.96. The van der Waals surface area contributed by atoms with Crippen LogP contribution >= 0.6 is 0 Å². The van der Waals surface area contributed by atoms with Gasteiger partial charge >= 0.3 is 11.8 Å². The Bertz CT molecular complexity index is 862. The molecule has 2 N–H and O–H groups in total. The molecule has 29 heavy (non-hydrogen) atoms. The van der Waals surface area contributed by atoms with E-state index in [0.717, 1.165) is 24.2 Å². The van der Waals surface area contributed by atoms with Crippen molar-refractivity contribution in [1.29, 1.82) is 0 Å². The van der Waals surface area contributed by atoms with E-state index in [1.165, 1.54) is 0 Å². The number of amides is 2. The van der Waals surface area contributed by atoms with E-state index in [-0.39, 0.29) is 5.41 Å². The lowest BCUT2D eigenvalue weighted by Crippen LogP contribution is -2.47. The van der Waals surface area contributed by atoms with E-state index >= 15 is 0 Å². The monoisotopic (exact) mass is 398 g/mol. The standard InChI is InChI=1S/C22H26N2O5/c1-27-17-7-5-6-16(14-17)24-21(26)20(25)23-15-22(10-12-29-13-11-22)18-8-3-4-9-19(18)28-2/h3-9,14H,10-13,15H2,1-2H3,(H,23,25)(H,24,26). The number of para-hydroxylation sites is 1. The second-order valence-corrected chi connectivity index (χ2v) is 6.96. The minimum atomic E-state index is -0.722. The molecule has 0 spiro atoms. The molecule has 7 heteroatoms. The van der Waals surface area contributed by atoms with Crippen LogP contribution in [0.5, 0.6) is 11.5 Å². The lowest BCUT2D eigenvalue weighted by Gasteiger charge is -2.38. The van der Waals surface area contributed by atoms with Gasteiger partial charge in [0, 0.05) is 42.5 Å². The lowest BCUT2D eigenvalue weighted by atomic mass is 9.73. The molecule has 0 unspecified atom stereocenters. The van der Waals surface area contributed by atoms with Gasteiger partial charge in [-0.2, -0.15) is 0 Å². The van der Waals surface area contributed by atoms with Crippen molar-refractivity contribution in [3.8, 4) is 11.5 Å². The lowest BCUT2D eigenvalue weighted by molar-refractivity contribution is -0.136. The summed E-state index contributed by atoms with van der Waals surface area (Å²) in [5.41, 5.74) is 1.16. The summed E-state index contributed by atoms with van der Waals surface area (Å²) in [7, 11) is 3.17. The van der Waals surface area contributed by atoms with Crippen molar-refractivity contribution in [2.24, 2.45) is 0 Å². The van der Waals surface area contributed by atoms with Crippen LogP contribution in [0.1, 0.15) is 18.4 Å². The largest absolute Gasteiger partial charge is 0.497 e.